The largest absolute Gasteiger partial charge is 0.497 e. The van der Waals surface area contributed by atoms with Crippen molar-refractivity contribution in [1.29, 1.82) is 0 Å². The lowest BCUT2D eigenvalue weighted by Gasteiger charge is -2.42. The number of hydrogen-bond acceptors (Lipinski definition) is 3. The van der Waals surface area contributed by atoms with E-state index in [4.69, 9.17) is 9.72 Å². The summed E-state index contributed by atoms with van der Waals surface area (Å²) in [6.07, 6.45) is 12.2. The number of methoxy groups -OCH3 is 1. The number of aromatic nitrogens is 2. The molecule has 3 aromatic rings. The quantitative estimate of drug-likeness (QED) is 0.453. The highest BCUT2D eigenvalue weighted by molar-refractivity contribution is 5.85. The Bertz CT molecular complexity index is 1060. The molecular formula is C28H35N3O2. The van der Waals surface area contributed by atoms with E-state index in [-0.39, 0.29) is 5.91 Å². The maximum absolute atomic E-state index is 14.0. The molecule has 0 radical (unpaired) electrons. The number of carbonyl (C=O) groups excluding carboxylic acids is 1. The lowest BCUT2D eigenvalue weighted by molar-refractivity contribution is -0.138. The molecule has 33 heavy (non-hydrogen) atoms. The highest BCUT2D eigenvalue weighted by Crippen LogP contribution is 2.32. The van der Waals surface area contributed by atoms with Crippen LogP contribution in [0.15, 0.2) is 48.5 Å². The molecule has 5 nitrogen and oxygen atoms in total. The summed E-state index contributed by atoms with van der Waals surface area (Å²) in [6, 6.07) is 16.9. The Kier molecular flexibility index (Phi) is 6.65. The van der Waals surface area contributed by atoms with E-state index in [9.17, 15) is 4.79 Å². The number of para-hydroxylation sites is 2. The summed E-state index contributed by atoms with van der Waals surface area (Å²) >= 11 is 0. The van der Waals surface area contributed by atoms with Crippen LogP contribution in [0.1, 0.15) is 64.2 Å². The molecule has 1 heterocycles. The minimum atomic E-state index is 0.256. The van der Waals surface area contributed by atoms with Gasteiger partial charge in [0.05, 0.1) is 18.1 Å². The van der Waals surface area contributed by atoms with Gasteiger partial charge in [-0.1, -0.05) is 50.7 Å². The van der Waals surface area contributed by atoms with E-state index in [0.29, 0.717) is 18.6 Å². The molecule has 0 bridgehead atoms. The monoisotopic (exact) mass is 445 g/mol. The third-order valence-electron chi connectivity index (χ3n) is 7.52. The number of ether oxygens (including phenoxy) is 1. The van der Waals surface area contributed by atoms with Gasteiger partial charge in [-0.25, -0.2) is 4.98 Å². The normalized spacial score (nSPS) is 17.8. The number of benzene rings is 2. The Labute approximate surface area is 196 Å². The van der Waals surface area contributed by atoms with Crippen LogP contribution in [0.2, 0.25) is 0 Å². The molecule has 0 aliphatic heterocycles. The topological polar surface area (TPSA) is 47.4 Å². The molecule has 0 unspecified atom stereocenters. The first-order valence-corrected chi connectivity index (χ1v) is 12.7. The van der Waals surface area contributed by atoms with E-state index in [1.165, 1.54) is 38.5 Å². The van der Waals surface area contributed by atoms with Crippen molar-refractivity contribution >= 4 is 16.9 Å². The molecule has 2 aromatic carbocycles. The van der Waals surface area contributed by atoms with Crippen molar-refractivity contribution in [3.63, 3.8) is 0 Å². The fourth-order valence-corrected chi connectivity index (χ4v) is 5.84. The van der Waals surface area contributed by atoms with Gasteiger partial charge in [-0.15, -0.1) is 0 Å². The molecule has 0 N–H and O–H groups in total. The molecule has 0 spiro atoms. The fourth-order valence-electron chi connectivity index (χ4n) is 5.84. The summed E-state index contributed by atoms with van der Waals surface area (Å²) in [6.45, 7) is 0.342. The molecule has 174 valence electrons. The Balaban J connectivity index is 1.50. The van der Waals surface area contributed by atoms with E-state index in [1.807, 2.05) is 42.5 Å². The molecule has 1 amide bonds. The third-order valence-corrected chi connectivity index (χ3v) is 7.52. The Morgan fingerprint density at radius 1 is 0.909 bits per heavy atom. The first-order chi connectivity index (χ1) is 16.2. The van der Waals surface area contributed by atoms with Gasteiger partial charge in [0.1, 0.15) is 18.1 Å². The van der Waals surface area contributed by atoms with Crippen molar-refractivity contribution in [2.45, 2.75) is 82.8 Å². The molecule has 0 saturated heterocycles. The third kappa shape index (κ3) is 4.64. The van der Waals surface area contributed by atoms with Crippen LogP contribution < -0.4 is 4.74 Å². The number of amides is 1. The molecule has 1 aromatic heterocycles. The van der Waals surface area contributed by atoms with Crippen LogP contribution in [0.3, 0.4) is 0 Å². The average Bonchev–Trinajstić information content (AvgIpc) is 3.24. The van der Waals surface area contributed by atoms with Crippen LogP contribution in [-0.4, -0.2) is 39.6 Å². The second kappa shape index (κ2) is 9.98. The lowest BCUT2D eigenvalue weighted by Crippen LogP contribution is -2.50. The SMILES string of the molecule is COc1ccc(-c2nc3ccccc3n2CC(=O)N(C2CCCCC2)C2CCCCC2)cc1. The number of rotatable bonds is 6. The average molecular weight is 446 g/mol. The Hall–Kier alpha value is -2.82. The maximum Gasteiger partial charge on any atom is 0.243 e. The number of carbonyl (C=O) groups is 1. The number of nitrogens with zero attached hydrogens (tertiary/aromatic N) is 3. The summed E-state index contributed by atoms with van der Waals surface area (Å²) in [5.41, 5.74) is 2.95. The second-order valence-corrected chi connectivity index (χ2v) is 9.62. The molecule has 2 aliphatic rings. The highest BCUT2D eigenvalue weighted by atomic mass is 16.5. The van der Waals surface area contributed by atoms with Crippen LogP contribution in [0.25, 0.3) is 22.4 Å². The van der Waals surface area contributed by atoms with Crippen molar-refractivity contribution in [3.8, 4) is 17.1 Å². The van der Waals surface area contributed by atoms with Crippen LogP contribution in [0, 0.1) is 0 Å². The standard InChI is InChI=1S/C28H35N3O2/c1-33-24-18-16-21(17-19-24)28-29-25-14-8-9-15-26(25)30(28)20-27(32)31(22-10-4-2-5-11-22)23-12-6-3-7-13-23/h8-9,14-19,22-23H,2-7,10-13,20H2,1H3. The van der Waals surface area contributed by atoms with Crippen LogP contribution in [0.4, 0.5) is 0 Å². The Morgan fingerprint density at radius 3 is 2.12 bits per heavy atom. The van der Waals surface area contributed by atoms with E-state index in [0.717, 1.165) is 53.9 Å². The first kappa shape index (κ1) is 22.0. The van der Waals surface area contributed by atoms with Crippen molar-refractivity contribution in [3.05, 3.63) is 48.5 Å². The first-order valence-electron chi connectivity index (χ1n) is 12.7. The van der Waals surface area contributed by atoms with Crippen molar-refractivity contribution in [1.82, 2.24) is 14.5 Å². The predicted octanol–water partition coefficient (Wildman–Crippen LogP) is 6.21. The van der Waals surface area contributed by atoms with Crippen LogP contribution >= 0.6 is 0 Å². The van der Waals surface area contributed by atoms with Crippen molar-refractivity contribution < 1.29 is 9.53 Å². The van der Waals surface area contributed by atoms with E-state index < -0.39 is 0 Å². The van der Waals surface area contributed by atoms with Crippen molar-refractivity contribution in [2.75, 3.05) is 7.11 Å². The van der Waals surface area contributed by atoms with Gasteiger partial charge in [0, 0.05) is 17.6 Å². The number of hydrogen-bond donors (Lipinski definition) is 0. The fraction of sp³-hybridized carbons (Fsp3) is 0.500. The van der Waals surface area contributed by atoms with E-state index in [1.54, 1.807) is 7.11 Å². The van der Waals surface area contributed by atoms with E-state index in [2.05, 4.69) is 15.5 Å². The van der Waals surface area contributed by atoms with Gasteiger partial charge in [0.25, 0.3) is 0 Å². The lowest BCUT2D eigenvalue weighted by atomic mass is 9.88. The summed E-state index contributed by atoms with van der Waals surface area (Å²) in [4.78, 5) is 21.2. The zero-order chi connectivity index (χ0) is 22.6. The van der Waals surface area contributed by atoms with Gasteiger partial charge in [0.2, 0.25) is 5.91 Å². The molecule has 5 heteroatoms. The van der Waals surface area contributed by atoms with Gasteiger partial charge in [-0.05, 0) is 62.1 Å². The molecular weight excluding hydrogens is 410 g/mol. The maximum atomic E-state index is 14.0. The van der Waals surface area contributed by atoms with Crippen LogP contribution in [-0.2, 0) is 11.3 Å². The molecule has 2 saturated carbocycles. The van der Waals surface area contributed by atoms with Gasteiger partial charge < -0.3 is 14.2 Å². The summed E-state index contributed by atoms with van der Waals surface area (Å²) in [7, 11) is 1.67. The van der Waals surface area contributed by atoms with Gasteiger partial charge in [-0.3, -0.25) is 4.79 Å². The molecule has 0 atom stereocenters. The summed E-state index contributed by atoms with van der Waals surface area (Å²) in [5.74, 6) is 1.92. The van der Waals surface area contributed by atoms with Gasteiger partial charge >= 0.3 is 0 Å². The van der Waals surface area contributed by atoms with Gasteiger partial charge in [-0.2, -0.15) is 0 Å². The zero-order valence-electron chi connectivity index (χ0n) is 19.7. The highest BCUT2D eigenvalue weighted by Gasteiger charge is 2.33. The smallest absolute Gasteiger partial charge is 0.243 e. The van der Waals surface area contributed by atoms with Gasteiger partial charge in [0.15, 0.2) is 0 Å². The second-order valence-electron chi connectivity index (χ2n) is 9.62. The summed E-state index contributed by atoms with van der Waals surface area (Å²) in [5, 5.41) is 0. The molecule has 2 aliphatic carbocycles. The number of imidazole rings is 1. The van der Waals surface area contributed by atoms with E-state index >= 15 is 0 Å². The Morgan fingerprint density at radius 2 is 1.52 bits per heavy atom. The minimum absolute atomic E-state index is 0.256. The molecule has 2 fully saturated rings. The minimum Gasteiger partial charge on any atom is -0.497 e. The summed E-state index contributed by atoms with van der Waals surface area (Å²) < 4.78 is 7.46. The zero-order valence-corrected chi connectivity index (χ0v) is 19.7. The molecule has 5 rings (SSSR count). The van der Waals surface area contributed by atoms with Crippen LogP contribution in [0.5, 0.6) is 5.75 Å². The van der Waals surface area contributed by atoms with Crippen molar-refractivity contribution in [2.24, 2.45) is 0 Å². The predicted molar refractivity (Wildman–Crippen MR) is 132 cm³/mol. The number of fused-ring (bicyclic) bond motifs is 1.